The van der Waals surface area contributed by atoms with E-state index in [0.717, 1.165) is 32.5 Å². The fraction of sp³-hybridized carbons (Fsp3) is 0.857. The van der Waals surface area contributed by atoms with Gasteiger partial charge in [-0.25, -0.2) is 0 Å². The average Bonchev–Trinajstić information content (AvgIpc) is 2.72. The maximum absolute atomic E-state index is 12.1. The summed E-state index contributed by atoms with van der Waals surface area (Å²) in [4.78, 5) is 23.1. The zero-order chi connectivity index (χ0) is 13.1. The van der Waals surface area contributed by atoms with Gasteiger partial charge < -0.3 is 15.2 Å². The Kier molecular flexibility index (Phi) is 2.43. The molecule has 5 nitrogen and oxygen atoms in total. The first kappa shape index (κ1) is 11.7. The summed E-state index contributed by atoms with van der Waals surface area (Å²) in [6, 6.07) is 0.226. The summed E-state index contributed by atoms with van der Waals surface area (Å²) in [6.45, 7) is 1.47. The Labute approximate surface area is 111 Å². The van der Waals surface area contributed by atoms with Crippen LogP contribution in [-0.2, 0) is 14.3 Å². The van der Waals surface area contributed by atoms with Gasteiger partial charge >= 0.3 is 5.97 Å². The van der Waals surface area contributed by atoms with Crippen molar-refractivity contribution < 1.29 is 19.4 Å². The van der Waals surface area contributed by atoms with E-state index in [1.54, 1.807) is 0 Å². The first-order valence-electron chi connectivity index (χ1n) is 7.26. The Morgan fingerprint density at radius 3 is 2.47 bits per heavy atom. The third-order valence-electron chi connectivity index (χ3n) is 5.75. The van der Waals surface area contributed by atoms with Crippen molar-refractivity contribution >= 4 is 11.9 Å². The molecule has 2 unspecified atom stereocenters. The number of carbonyl (C=O) groups excluding carboxylic acids is 1. The molecule has 4 aliphatic rings. The number of nitrogens with one attached hydrogen (secondary N) is 1. The smallest absolute Gasteiger partial charge is 0.306 e. The topological polar surface area (TPSA) is 75.6 Å². The number of fused-ring (bicyclic) bond motifs is 2. The first-order valence-corrected chi connectivity index (χ1v) is 7.26. The van der Waals surface area contributed by atoms with Gasteiger partial charge in [-0.1, -0.05) is 0 Å². The van der Waals surface area contributed by atoms with Crippen molar-refractivity contribution in [2.45, 2.75) is 25.3 Å². The van der Waals surface area contributed by atoms with Gasteiger partial charge in [-0.3, -0.25) is 9.59 Å². The molecule has 4 fully saturated rings. The molecule has 19 heavy (non-hydrogen) atoms. The van der Waals surface area contributed by atoms with Crippen LogP contribution in [0, 0.1) is 35.5 Å². The van der Waals surface area contributed by atoms with Crippen LogP contribution in [-0.4, -0.2) is 36.2 Å². The average molecular weight is 265 g/mol. The second kappa shape index (κ2) is 3.95. The molecule has 1 aliphatic heterocycles. The number of aliphatic carboxylic acids is 1. The minimum atomic E-state index is -0.673. The molecule has 0 aromatic carbocycles. The van der Waals surface area contributed by atoms with Crippen molar-refractivity contribution in [2.75, 3.05) is 13.2 Å². The number of carbonyl (C=O) groups is 2. The molecule has 2 N–H and O–H groups in total. The van der Waals surface area contributed by atoms with Crippen LogP contribution < -0.4 is 5.32 Å². The number of carboxylic acid groups (broad SMARTS) is 1. The third kappa shape index (κ3) is 1.71. The standard InChI is InChI=1S/C14H19NO4/c16-13(12-9-4-19-5-10(9)12)15-11-3-6-1-7(14(17)18)2-8(6)11/h6-12H,1-5H2,(H,15,16)(H,17,18)/t6-,7?,8-,9-,10+,11-,12?/m1/s1. The van der Waals surface area contributed by atoms with Crippen LogP contribution in [0.4, 0.5) is 0 Å². The summed E-state index contributed by atoms with van der Waals surface area (Å²) in [5.74, 6) is 1.31. The van der Waals surface area contributed by atoms with E-state index in [1.165, 1.54) is 0 Å². The number of hydrogen-bond acceptors (Lipinski definition) is 3. The summed E-state index contributed by atoms with van der Waals surface area (Å²) >= 11 is 0. The monoisotopic (exact) mass is 265 g/mol. The van der Waals surface area contributed by atoms with Crippen LogP contribution in [0.15, 0.2) is 0 Å². The number of hydrogen-bond donors (Lipinski definition) is 2. The predicted octanol–water partition coefficient (Wildman–Crippen LogP) is 0.494. The van der Waals surface area contributed by atoms with Gasteiger partial charge in [0.25, 0.3) is 0 Å². The van der Waals surface area contributed by atoms with Crippen LogP contribution in [0.3, 0.4) is 0 Å². The van der Waals surface area contributed by atoms with Crippen LogP contribution in [0.5, 0.6) is 0 Å². The van der Waals surface area contributed by atoms with Crippen molar-refractivity contribution in [2.24, 2.45) is 35.5 Å². The van der Waals surface area contributed by atoms with Gasteiger partial charge in [0.1, 0.15) is 0 Å². The van der Waals surface area contributed by atoms with Gasteiger partial charge in [-0.15, -0.1) is 0 Å². The predicted molar refractivity (Wildman–Crippen MR) is 65.2 cm³/mol. The van der Waals surface area contributed by atoms with E-state index < -0.39 is 5.97 Å². The maximum Gasteiger partial charge on any atom is 0.306 e. The summed E-state index contributed by atoms with van der Waals surface area (Å²) in [5, 5.41) is 12.2. The second-order valence-electron chi connectivity index (χ2n) is 6.67. The van der Waals surface area contributed by atoms with E-state index in [2.05, 4.69) is 5.32 Å². The van der Waals surface area contributed by atoms with Gasteiger partial charge in [0.15, 0.2) is 0 Å². The Bertz CT molecular complexity index is 427. The molecule has 0 aromatic rings. The van der Waals surface area contributed by atoms with Gasteiger partial charge in [0, 0.05) is 12.0 Å². The van der Waals surface area contributed by atoms with Crippen molar-refractivity contribution in [3.8, 4) is 0 Å². The number of ether oxygens (including phenoxy) is 1. The third-order valence-corrected chi connectivity index (χ3v) is 5.75. The van der Waals surface area contributed by atoms with Gasteiger partial charge in [-0.05, 0) is 42.9 Å². The molecule has 0 bridgehead atoms. The van der Waals surface area contributed by atoms with E-state index >= 15 is 0 Å². The lowest BCUT2D eigenvalue weighted by molar-refractivity contribution is -0.141. The molecule has 3 aliphatic carbocycles. The molecule has 0 spiro atoms. The minimum absolute atomic E-state index is 0.171. The fourth-order valence-corrected chi connectivity index (χ4v) is 4.50. The molecule has 104 valence electrons. The second-order valence-corrected chi connectivity index (χ2v) is 6.67. The van der Waals surface area contributed by atoms with E-state index in [0.29, 0.717) is 23.7 Å². The number of rotatable bonds is 3. The van der Waals surface area contributed by atoms with Gasteiger partial charge in [-0.2, -0.15) is 0 Å². The zero-order valence-corrected chi connectivity index (χ0v) is 10.7. The zero-order valence-electron chi connectivity index (χ0n) is 10.7. The lowest BCUT2D eigenvalue weighted by Gasteiger charge is -2.41. The fourth-order valence-electron chi connectivity index (χ4n) is 4.50. The van der Waals surface area contributed by atoms with E-state index in [1.807, 2.05) is 0 Å². The number of carboxylic acids is 1. The van der Waals surface area contributed by atoms with Crippen LogP contribution in [0.1, 0.15) is 19.3 Å². The molecular formula is C14H19NO4. The van der Waals surface area contributed by atoms with E-state index in [4.69, 9.17) is 9.84 Å². The SMILES string of the molecule is O=C(O)C1C[C@@H]2C[C@@H](NC(=O)C3[C@H]4COC[C@@H]34)[C@@H]2C1. The van der Waals surface area contributed by atoms with E-state index in [-0.39, 0.29) is 23.8 Å². The maximum atomic E-state index is 12.1. The van der Waals surface area contributed by atoms with Crippen molar-refractivity contribution in [1.29, 1.82) is 0 Å². The molecular weight excluding hydrogens is 246 g/mol. The Hall–Kier alpha value is -1.10. The summed E-state index contributed by atoms with van der Waals surface area (Å²) in [7, 11) is 0. The van der Waals surface area contributed by atoms with E-state index in [9.17, 15) is 9.59 Å². The van der Waals surface area contributed by atoms with Crippen LogP contribution >= 0.6 is 0 Å². The van der Waals surface area contributed by atoms with Crippen molar-refractivity contribution in [3.05, 3.63) is 0 Å². The van der Waals surface area contributed by atoms with Crippen molar-refractivity contribution in [1.82, 2.24) is 5.32 Å². The molecule has 3 saturated carbocycles. The molecule has 1 amide bonds. The molecule has 7 atom stereocenters. The molecule has 0 radical (unpaired) electrons. The van der Waals surface area contributed by atoms with Crippen molar-refractivity contribution in [3.63, 3.8) is 0 Å². The van der Waals surface area contributed by atoms with Gasteiger partial charge in [0.05, 0.1) is 19.1 Å². The Morgan fingerprint density at radius 2 is 1.79 bits per heavy atom. The Balaban J connectivity index is 1.31. The minimum Gasteiger partial charge on any atom is -0.481 e. The highest BCUT2D eigenvalue weighted by Gasteiger charge is 2.59. The molecule has 1 saturated heterocycles. The summed E-state index contributed by atoms with van der Waals surface area (Å²) in [6.07, 6.45) is 2.51. The first-order chi connectivity index (χ1) is 9.15. The summed E-state index contributed by atoms with van der Waals surface area (Å²) < 4.78 is 5.30. The molecule has 5 heteroatoms. The lowest BCUT2D eigenvalue weighted by atomic mass is 9.71. The number of amides is 1. The van der Waals surface area contributed by atoms with Crippen LogP contribution in [0.2, 0.25) is 0 Å². The lowest BCUT2D eigenvalue weighted by Crippen LogP contribution is -2.51. The summed E-state index contributed by atoms with van der Waals surface area (Å²) in [5.41, 5.74) is 0. The molecule has 0 aromatic heterocycles. The largest absolute Gasteiger partial charge is 0.481 e. The Morgan fingerprint density at radius 1 is 1.05 bits per heavy atom. The highest BCUT2D eigenvalue weighted by Crippen LogP contribution is 2.53. The highest BCUT2D eigenvalue weighted by molar-refractivity contribution is 5.83. The van der Waals surface area contributed by atoms with Gasteiger partial charge in [0.2, 0.25) is 5.91 Å². The molecule has 4 rings (SSSR count). The normalized spacial score (nSPS) is 50.0. The van der Waals surface area contributed by atoms with Crippen LogP contribution in [0.25, 0.3) is 0 Å². The highest BCUT2D eigenvalue weighted by atomic mass is 16.5. The quantitative estimate of drug-likeness (QED) is 0.779. The molecule has 1 heterocycles.